The van der Waals surface area contributed by atoms with Gasteiger partial charge in [0.1, 0.15) is 0 Å². The lowest BCUT2D eigenvalue weighted by Gasteiger charge is -2.05. The first-order chi connectivity index (χ1) is 10.3. The Morgan fingerprint density at radius 2 is 2.14 bits per heavy atom. The van der Waals surface area contributed by atoms with Gasteiger partial charge >= 0.3 is 5.56 Å². The van der Waals surface area contributed by atoms with Crippen LogP contribution in [0.1, 0.15) is 12.8 Å². The van der Waals surface area contributed by atoms with Crippen molar-refractivity contribution >= 4 is 11.0 Å². The third-order valence-electron chi connectivity index (χ3n) is 3.99. The maximum Gasteiger partial charge on any atom is 0.343 e. The van der Waals surface area contributed by atoms with Gasteiger partial charge in [0, 0.05) is 6.20 Å². The number of hydrogen-bond acceptors (Lipinski definition) is 2. The highest BCUT2D eigenvalue weighted by atomic mass is 16.1. The summed E-state index contributed by atoms with van der Waals surface area (Å²) in [6.45, 7) is 0.788. The Balaban J connectivity index is 1.99. The van der Waals surface area contributed by atoms with Crippen molar-refractivity contribution in [3.05, 3.63) is 59.1 Å². The van der Waals surface area contributed by atoms with Gasteiger partial charge in [0.05, 0.1) is 29.4 Å². The number of hydrogen-bond donors (Lipinski definition) is 0. The lowest BCUT2D eigenvalue weighted by molar-refractivity contribution is -0.349. The SMILES string of the molecule is O=c1c(-c2ccccn2)cc2ccc[nH+]c2n1CC1CC1. The molecule has 104 valence electrons. The maximum absolute atomic E-state index is 12.8. The number of pyridine rings is 3. The Kier molecular flexibility index (Phi) is 2.81. The van der Waals surface area contributed by atoms with Gasteiger partial charge < -0.3 is 0 Å². The molecule has 0 atom stereocenters. The summed E-state index contributed by atoms with van der Waals surface area (Å²) in [6, 6.07) is 11.6. The van der Waals surface area contributed by atoms with Crippen LogP contribution in [0, 0.1) is 5.92 Å². The second kappa shape index (κ2) is 4.81. The van der Waals surface area contributed by atoms with E-state index in [1.165, 1.54) is 12.8 Å². The molecule has 1 saturated carbocycles. The number of H-pyrrole nitrogens is 1. The van der Waals surface area contributed by atoms with Crippen LogP contribution in [0.3, 0.4) is 0 Å². The predicted molar refractivity (Wildman–Crippen MR) is 80.7 cm³/mol. The average molecular weight is 278 g/mol. The largest absolute Gasteiger partial charge is 0.343 e. The summed E-state index contributed by atoms with van der Waals surface area (Å²) >= 11 is 0. The Labute approximate surface area is 122 Å². The molecule has 3 heterocycles. The topological polar surface area (TPSA) is 49.0 Å². The summed E-state index contributed by atoms with van der Waals surface area (Å²) in [5.74, 6) is 0.637. The summed E-state index contributed by atoms with van der Waals surface area (Å²) in [7, 11) is 0. The van der Waals surface area contributed by atoms with Crippen LogP contribution in [0.25, 0.3) is 22.3 Å². The quantitative estimate of drug-likeness (QED) is 0.738. The molecule has 0 bridgehead atoms. The van der Waals surface area contributed by atoms with Gasteiger partial charge in [0.25, 0.3) is 5.65 Å². The molecule has 3 aromatic rings. The normalized spacial score (nSPS) is 14.5. The van der Waals surface area contributed by atoms with Crippen LogP contribution in [0.15, 0.2) is 53.6 Å². The lowest BCUT2D eigenvalue weighted by atomic mass is 10.1. The third-order valence-corrected chi connectivity index (χ3v) is 3.99. The van der Waals surface area contributed by atoms with Gasteiger partial charge in [0.15, 0.2) is 0 Å². The molecular formula is C17H16N3O+. The monoisotopic (exact) mass is 278 g/mol. The minimum absolute atomic E-state index is 0.0375. The van der Waals surface area contributed by atoms with E-state index in [1.807, 2.05) is 47.2 Å². The van der Waals surface area contributed by atoms with E-state index >= 15 is 0 Å². The van der Waals surface area contributed by atoms with E-state index in [0.717, 1.165) is 23.3 Å². The zero-order valence-electron chi connectivity index (χ0n) is 11.6. The fourth-order valence-electron chi connectivity index (χ4n) is 2.69. The number of aromatic amines is 1. The van der Waals surface area contributed by atoms with Gasteiger partial charge in [-0.15, -0.1) is 0 Å². The van der Waals surface area contributed by atoms with Crippen LogP contribution in [-0.4, -0.2) is 9.55 Å². The van der Waals surface area contributed by atoms with Crippen LogP contribution in [0.2, 0.25) is 0 Å². The van der Waals surface area contributed by atoms with E-state index in [1.54, 1.807) is 6.20 Å². The van der Waals surface area contributed by atoms with E-state index in [0.29, 0.717) is 11.5 Å². The molecule has 1 fully saturated rings. The minimum Gasteiger partial charge on any atom is -0.256 e. The van der Waals surface area contributed by atoms with Crippen LogP contribution in [0.4, 0.5) is 0 Å². The highest BCUT2D eigenvalue weighted by Crippen LogP contribution is 2.31. The molecule has 0 aromatic carbocycles. The third kappa shape index (κ3) is 2.23. The van der Waals surface area contributed by atoms with Crippen molar-refractivity contribution < 1.29 is 4.98 Å². The minimum atomic E-state index is 0.0375. The predicted octanol–water partition coefficient (Wildman–Crippen LogP) is 2.29. The molecular weight excluding hydrogens is 262 g/mol. The first-order valence-corrected chi connectivity index (χ1v) is 7.28. The molecule has 4 nitrogen and oxygen atoms in total. The van der Waals surface area contributed by atoms with Crippen molar-refractivity contribution in [2.24, 2.45) is 5.92 Å². The van der Waals surface area contributed by atoms with E-state index in [2.05, 4.69) is 9.97 Å². The van der Waals surface area contributed by atoms with E-state index in [-0.39, 0.29) is 5.56 Å². The number of fused-ring (bicyclic) bond motifs is 1. The molecule has 3 aromatic heterocycles. The molecule has 0 aliphatic heterocycles. The van der Waals surface area contributed by atoms with Gasteiger partial charge in [-0.3, -0.25) is 4.98 Å². The summed E-state index contributed by atoms with van der Waals surface area (Å²) < 4.78 is 1.87. The van der Waals surface area contributed by atoms with Gasteiger partial charge in [-0.25, -0.2) is 9.78 Å². The summed E-state index contributed by atoms with van der Waals surface area (Å²) in [4.78, 5) is 20.4. The molecule has 0 saturated heterocycles. The fraction of sp³-hybridized carbons (Fsp3) is 0.235. The zero-order valence-corrected chi connectivity index (χ0v) is 11.6. The summed E-state index contributed by atoms with van der Waals surface area (Å²) in [5, 5.41) is 1.04. The van der Waals surface area contributed by atoms with Crippen molar-refractivity contribution in [1.29, 1.82) is 0 Å². The summed E-state index contributed by atoms with van der Waals surface area (Å²) in [5.41, 5.74) is 2.34. The van der Waals surface area contributed by atoms with Gasteiger partial charge in [-0.2, -0.15) is 4.57 Å². The highest BCUT2D eigenvalue weighted by Gasteiger charge is 2.27. The second-order valence-electron chi connectivity index (χ2n) is 5.61. The number of rotatable bonds is 3. The van der Waals surface area contributed by atoms with Crippen molar-refractivity contribution in [1.82, 2.24) is 9.55 Å². The molecule has 21 heavy (non-hydrogen) atoms. The smallest absolute Gasteiger partial charge is 0.256 e. The molecule has 0 spiro atoms. The first-order valence-electron chi connectivity index (χ1n) is 7.28. The zero-order chi connectivity index (χ0) is 14.2. The first kappa shape index (κ1) is 12.3. The highest BCUT2D eigenvalue weighted by molar-refractivity contribution is 5.78. The Morgan fingerprint density at radius 3 is 2.90 bits per heavy atom. The standard InChI is InChI=1S/C17H15N3O/c21-17-14(15-5-1-2-8-18-15)10-13-4-3-9-19-16(13)20(17)11-12-6-7-12/h1-5,8-10,12H,6-7,11H2/p+1. The van der Waals surface area contributed by atoms with Crippen LogP contribution >= 0.6 is 0 Å². The van der Waals surface area contributed by atoms with Crippen molar-refractivity contribution in [2.45, 2.75) is 19.4 Å². The number of aromatic nitrogens is 3. The number of nitrogens with zero attached hydrogens (tertiary/aromatic N) is 2. The average Bonchev–Trinajstić information content (AvgIpc) is 3.35. The van der Waals surface area contributed by atoms with E-state index in [4.69, 9.17) is 0 Å². The Bertz CT molecular complexity index is 851. The van der Waals surface area contributed by atoms with Gasteiger partial charge in [0.2, 0.25) is 0 Å². The molecule has 0 unspecified atom stereocenters. The van der Waals surface area contributed by atoms with Gasteiger partial charge in [-0.05, 0) is 49.1 Å². The molecule has 4 heteroatoms. The Hall–Kier alpha value is -2.49. The number of nitrogens with one attached hydrogen (secondary N) is 1. The Morgan fingerprint density at radius 1 is 1.24 bits per heavy atom. The molecule has 0 amide bonds. The molecule has 1 aliphatic rings. The van der Waals surface area contributed by atoms with Crippen LogP contribution < -0.4 is 10.5 Å². The molecule has 4 rings (SSSR count). The van der Waals surface area contributed by atoms with Crippen molar-refractivity contribution in [2.75, 3.05) is 0 Å². The molecule has 1 aliphatic carbocycles. The van der Waals surface area contributed by atoms with E-state index in [9.17, 15) is 4.79 Å². The van der Waals surface area contributed by atoms with E-state index < -0.39 is 0 Å². The van der Waals surface area contributed by atoms with Crippen molar-refractivity contribution in [3.63, 3.8) is 0 Å². The lowest BCUT2D eigenvalue weighted by Crippen LogP contribution is -2.27. The van der Waals surface area contributed by atoms with Crippen molar-refractivity contribution in [3.8, 4) is 11.3 Å². The van der Waals surface area contributed by atoms with Crippen LogP contribution in [0.5, 0.6) is 0 Å². The van der Waals surface area contributed by atoms with Gasteiger partial charge in [-0.1, -0.05) is 6.07 Å². The fourth-order valence-corrected chi connectivity index (χ4v) is 2.69. The molecule has 0 radical (unpaired) electrons. The second-order valence-corrected chi connectivity index (χ2v) is 5.61. The molecule has 1 N–H and O–H groups in total. The maximum atomic E-state index is 12.8. The summed E-state index contributed by atoms with van der Waals surface area (Å²) in [6.07, 6.45) is 6.02. The van der Waals surface area contributed by atoms with Crippen LogP contribution in [-0.2, 0) is 6.54 Å².